The average Bonchev–Trinajstić information content (AvgIpc) is 2.13. The second-order valence-electron chi connectivity index (χ2n) is 4.12. The zero-order valence-corrected chi connectivity index (χ0v) is 9.43. The molecule has 0 spiro atoms. The van der Waals surface area contributed by atoms with Crippen LogP contribution in [0.25, 0.3) is 0 Å². The number of rotatable bonds is 3. The highest BCUT2D eigenvalue weighted by atomic mass is 16.6. The number of hydrogen-bond acceptors (Lipinski definition) is 4. The van der Waals surface area contributed by atoms with Crippen LogP contribution < -0.4 is 10.2 Å². The Bertz CT molecular complexity index is 416. The molecule has 0 unspecified atom stereocenters. The standard InChI is InChI=1S/C11H15N3O2/c1-8-4-3-5-10(11(8)14(15)16)13(2)9-6-12-7-9/h3-5,9,12H,6-7H2,1-2H3. The molecule has 16 heavy (non-hydrogen) atoms. The van der Waals surface area contributed by atoms with E-state index >= 15 is 0 Å². The van der Waals surface area contributed by atoms with E-state index in [4.69, 9.17) is 0 Å². The van der Waals surface area contributed by atoms with Crippen LogP contribution in [-0.2, 0) is 0 Å². The van der Waals surface area contributed by atoms with E-state index in [0.29, 0.717) is 17.3 Å². The molecule has 86 valence electrons. The van der Waals surface area contributed by atoms with Gasteiger partial charge in [-0.05, 0) is 13.0 Å². The van der Waals surface area contributed by atoms with Crippen molar-refractivity contribution in [3.05, 3.63) is 33.9 Å². The predicted molar refractivity (Wildman–Crippen MR) is 62.9 cm³/mol. The van der Waals surface area contributed by atoms with E-state index in [2.05, 4.69) is 5.32 Å². The number of nitro groups is 1. The fourth-order valence-electron chi connectivity index (χ4n) is 1.91. The minimum Gasteiger partial charge on any atom is -0.363 e. The van der Waals surface area contributed by atoms with Gasteiger partial charge >= 0.3 is 0 Å². The van der Waals surface area contributed by atoms with Crippen molar-refractivity contribution < 1.29 is 4.92 Å². The van der Waals surface area contributed by atoms with Crippen LogP contribution >= 0.6 is 0 Å². The molecule has 5 nitrogen and oxygen atoms in total. The molecule has 0 bridgehead atoms. The number of nitro benzene ring substituents is 1. The third-order valence-corrected chi connectivity index (χ3v) is 3.09. The Morgan fingerprint density at radius 3 is 2.69 bits per heavy atom. The summed E-state index contributed by atoms with van der Waals surface area (Å²) < 4.78 is 0. The van der Waals surface area contributed by atoms with E-state index in [1.807, 2.05) is 24.1 Å². The number of nitrogens with zero attached hydrogens (tertiary/aromatic N) is 2. The molecule has 2 rings (SSSR count). The third-order valence-electron chi connectivity index (χ3n) is 3.09. The largest absolute Gasteiger partial charge is 0.363 e. The number of hydrogen-bond donors (Lipinski definition) is 1. The maximum absolute atomic E-state index is 11.0. The minimum atomic E-state index is -0.298. The average molecular weight is 221 g/mol. The van der Waals surface area contributed by atoms with Gasteiger partial charge in [-0.15, -0.1) is 0 Å². The van der Waals surface area contributed by atoms with Gasteiger partial charge in [-0.3, -0.25) is 10.1 Å². The Morgan fingerprint density at radius 1 is 1.50 bits per heavy atom. The summed E-state index contributed by atoms with van der Waals surface area (Å²) >= 11 is 0. The van der Waals surface area contributed by atoms with Crippen molar-refractivity contribution >= 4 is 11.4 Å². The molecule has 1 heterocycles. The number of para-hydroxylation sites is 1. The molecular weight excluding hydrogens is 206 g/mol. The Labute approximate surface area is 94.2 Å². The number of anilines is 1. The van der Waals surface area contributed by atoms with Crippen LogP contribution in [-0.4, -0.2) is 31.1 Å². The molecule has 1 saturated heterocycles. The van der Waals surface area contributed by atoms with Crippen LogP contribution in [0.3, 0.4) is 0 Å². The molecule has 5 heteroatoms. The first-order chi connectivity index (χ1) is 7.61. The summed E-state index contributed by atoms with van der Waals surface area (Å²) in [5.41, 5.74) is 1.63. The molecule has 0 aromatic heterocycles. The fraction of sp³-hybridized carbons (Fsp3) is 0.455. The summed E-state index contributed by atoms with van der Waals surface area (Å²) in [5, 5.41) is 14.2. The van der Waals surface area contributed by atoms with E-state index < -0.39 is 0 Å². The molecule has 0 amide bonds. The van der Waals surface area contributed by atoms with Crippen molar-refractivity contribution in [1.29, 1.82) is 0 Å². The van der Waals surface area contributed by atoms with E-state index in [1.54, 1.807) is 13.0 Å². The summed E-state index contributed by atoms with van der Waals surface area (Å²) in [4.78, 5) is 12.7. The van der Waals surface area contributed by atoms with E-state index in [-0.39, 0.29) is 10.6 Å². The van der Waals surface area contributed by atoms with Crippen LogP contribution in [0.15, 0.2) is 18.2 Å². The highest BCUT2D eigenvalue weighted by Crippen LogP contribution is 2.31. The Morgan fingerprint density at radius 2 is 2.19 bits per heavy atom. The molecule has 0 saturated carbocycles. The molecule has 0 radical (unpaired) electrons. The summed E-state index contributed by atoms with van der Waals surface area (Å²) in [6, 6.07) is 5.80. The van der Waals surface area contributed by atoms with Crippen molar-refractivity contribution in [2.24, 2.45) is 0 Å². The van der Waals surface area contributed by atoms with E-state index in [9.17, 15) is 10.1 Å². The van der Waals surface area contributed by atoms with Crippen LogP contribution in [0.1, 0.15) is 5.56 Å². The maximum Gasteiger partial charge on any atom is 0.295 e. The molecule has 1 aliphatic heterocycles. The van der Waals surface area contributed by atoms with Gasteiger partial charge in [0.25, 0.3) is 5.69 Å². The Balaban J connectivity index is 2.38. The van der Waals surface area contributed by atoms with Crippen LogP contribution in [0.4, 0.5) is 11.4 Å². The van der Waals surface area contributed by atoms with Crippen LogP contribution in [0, 0.1) is 17.0 Å². The zero-order chi connectivity index (χ0) is 11.7. The van der Waals surface area contributed by atoms with Gasteiger partial charge < -0.3 is 10.2 Å². The normalized spacial score (nSPS) is 15.6. The van der Waals surface area contributed by atoms with Crippen molar-refractivity contribution in [2.75, 3.05) is 25.0 Å². The lowest BCUT2D eigenvalue weighted by Gasteiger charge is -2.36. The van der Waals surface area contributed by atoms with Gasteiger partial charge in [0.1, 0.15) is 5.69 Å². The SMILES string of the molecule is Cc1cccc(N(C)C2CNC2)c1[N+](=O)[O-]. The van der Waals surface area contributed by atoms with Gasteiger partial charge in [0.15, 0.2) is 0 Å². The third kappa shape index (κ3) is 1.74. The molecular formula is C11H15N3O2. The van der Waals surface area contributed by atoms with Gasteiger partial charge in [0, 0.05) is 25.7 Å². The molecule has 0 aliphatic carbocycles. The lowest BCUT2D eigenvalue weighted by atomic mass is 10.1. The number of likely N-dealkylation sites (N-methyl/N-ethyl adjacent to an activating group) is 1. The predicted octanol–water partition coefficient (Wildman–Crippen LogP) is 1.31. The second-order valence-corrected chi connectivity index (χ2v) is 4.12. The molecule has 1 fully saturated rings. The first-order valence-electron chi connectivity index (χ1n) is 5.29. The van der Waals surface area contributed by atoms with Crippen molar-refractivity contribution in [2.45, 2.75) is 13.0 Å². The second kappa shape index (κ2) is 4.09. The van der Waals surface area contributed by atoms with Crippen molar-refractivity contribution in [1.82, 2.24) is 5.32 Å². The van der Waals surface area contributed by atoms with Gasteiger partial charge in [-0.2, -0.15) is 0 Å². The van der Waals surface area contributed by atoms with Gasteiger partial charge in [-0.25, -0.2) is 0 Å². The van der Waals surface area contributed by atoms with E-state index in [0.717, 1.165) is 13.1 Å². The smallest absolute Gasteiger partial charge is 0.295 e. The van der Waals surface area contributed by atoms with Crippen LogP contribution in [0.5, 0.6) is 0 Å². The maximum atomic E-state index is 11.0. The Hall–Kier alpha value is -1.62. The quantitative estimate of drug-likeness (QED) is 0.617. The summed E-state index contributed by atoms with van der Waals surface area (Å²) in [6.07, 6.45) is 0. The first kappa shape index (κ1) is 10.9. The fourth-order valence-corrected chi connectivity index (χ4v) is 1.91. The summed E-state index contributed by atoms with van der Waals surface area (Å²) in [6.45, 7) is 3.55. The van der Waals surface area contributed by atoms with Gasteiger partial charge in [-0.1, -0.05) is 12.1 Å². The summed E-state index contributed by atoms with van der Waals surface area (Å²) in [7, 11) is 1.91. The molecule has 1 aromatic carbocycles. The topological polar surface area (TPSA) is 58.4 Å². The van der Waals surface area contributed by atoms with Crippen LogP contribution in [0.2, 0.25) is 0 Å². The highest BCUT2D eigenvalue weighted by Gasteiger charge is 2.27. The molecule has 1 aromatic rings. The monoisotopic (exact) mass is 221 g/mol. The Kier molecular flexibility index (Phi) is 2.78. The zero-order valence-electron chi connectivity index (χ0n) is 9.43. The van der Waals surface area contributed by atoms with Crippen molar-refractivity contribution in [3.63, 3.8) is 0 Å². The molecule has 1 N–H and O–H groups in total. The first-order valence-corrected chi connectivity index (χ1v) is 5.29. The lowest BCUT2D eigenvalue weighted by Crippen LogP contribution is -2.56. The number of benzene rings is 1. The van der Waals surface area contributed by atoms with Gasteiger partial charge in [0.2, 0.25) is 0 Å². The highest BCUT2D eigenvalue weighted by molar-refractivity contribution is 5.67. The van der Waals surface area contributed by atoms with Crippen molar-refractivity contribution in [3.8, 4) is 0 Å². The lowest BCUT2D eigenvalue weighted by molar-refractivity contribution is -0.384. The van der Waals surface area contributed by atoms with Gasteiger partial charge in [0.05, 0.1) is 11.0 Å². The van der Waals surface area contributed by atoms with E-state index in [1.165, 1.54) is 0 Å². The minimum absolute atomic E-state index is 0.219. The number of aryl methyl sites for hydroxylation is 1. The number of nitrogens with one attached hydrogen (secondary N) is 1. The molecule has 1 aliphatic rings. The summed E-state index contributed by atoms with van der Waals surface area (Å²) in [5.74, 6) is 0. The molecule has 0 atom stereocenters.